The van der Waals surface area contributed by atoms with Crippen molar-refractivity contribution in [1.29, 1.82) is 0 Å². The van der Waals surface area contributed by atoms with Gasteiger partial charge in [-0.05, 0) is 58.2 Å². The molecule has 1 aromatic carbocycles. The summed E-state index contributed by atoms with van der Waals surface area (Å²) in [4.78, 5) is 40.5. The molecule has 8 heteroatoms. The van der Waals surface area contributed by atoms with Gasteiger partial charge in [0, 0.05) is 17.6 Å². The molecule has 0 spiro atoms. The van der Waals surface area contributed by atoms with Crippen LogP contribution in [0, 0.1) is 11.6 Å². The maximum absolute atomic E-state index is 14.2. The highest BCUT2D eigenvalue weighted by Crippen LogP contribution is 2.31. The summed E-state index contributed by atoms with van der Waals surface area (Å²) < 4.78 is 27.8. The Labute approximate surface area is 156 Å². The minimum atomic E-state index is -1.76. The third-order valence-electron chi connectivity index (χ3n) is 5.52. The smallest absolute Gasteiger partial charge is 0.325 e. The van der Waals surface area contributed by atoms with E-state index in [1.807, 2.05) is 13.8 Å². The molecule has 0 aromatic heterocycles. The van der Waals surface area contributed by atoms with Crippen LogP contribution in [0.1, 0.15) is 45.6 Å². The van der Waals surface area contributed by atoms with Crippen LogP contribution in [0.4, 0.5) is 13.6 Å². The molecule has 0 unspecified atom stereocenters. The fourth-order valence-electron chi connectivity index (χ4n) is 4.03. The number of nitrogens with one attached hydrogen (secondary N) is 1. The number of hydrogen-bond acceptors (Lipinski definition) is 3. The number of hydrogen-bond donors (Lipinski definition) is 1. The average Bonchev–Trinajstić information content (AvgIpc) is 2.81. The second-order valence-corrected chi connectivity index (χ2v) is 7.50. The molecule has 2 aliphatic heterocycles. The van der Waals surface area contributed by atoms with Crippen molar-refractivity contribution in [1.82, 2.24) is 15.1 Å². The van der Waals surface area contributed by atoms with Crippen LogP contribution in [0.3, 0.4) is 0 Å². The van der Waals surface area contributed by atoms with Crippen molar-refractivity contribution in [2.75, 3.05) is 6.54 Å². The van der Waals surface area contributed by atoms with Gasteiger partial charge >= 0.3 is 6.03 Å². The maximum atomic E-state index is 14.2. The van der Waals surface area contributed by atoms with Crippen LogP contribution >= 0.6 is 0 Å². The first kappa shape index (κ1) is 19.3. The first-order valence-corrected chi connectivity index (χ1v) is 9.06. The standard InChI is InChI=1S/C19H23F2N3O3/c1-11-5-4-6-12(2)24(11)16(25)10-23-17(26)19(3,22-18(23)27)14-9-13(20)7-8-15(14)21/h7-9,11-12H,4-6,10H2,1-3H3,(H,22,27)/t11-,12-,19-/m1/s1. The van der Waals surface area contributed by atoms with Crippen LogP contribution in [-0.4, -0.2) is 46.3 Å². The third kappa shape index (κ3) is 3.28. The Balaban J connectivity index is 1.84. The van der Waals surface area contributed by atoms with Gasteiger partial charge in [0.15, 0.2) is 0 Å². The van der Waals surface area contributed by atoms with Crippen LogP contribution in [-0.2, 0) is 15.1 Å². The van der Waals surface area contributed by atoms with E-state index in [2.05, 4.69) is 5.32 Å². The molecule has 146 valence electrons. The quantitative estimate of drug-likeness (QED) is 0.821. The van der Waals surface area contributed by atoms with Crippen molar-refractivity contribution < 1.29 is 23.2 Å². The first-order chi connectivity index (χ1) is 12.6. The van der Waals surface area contributed by atoms with Crippen LogP contribution in [0.25, 0.3) is 0 Å². The molecule has 6 nitrogen and oxygen atoms in total. The van der Waals surface area contributed by atoms with Gasteiger partial charge < -0.3 is 10.2 Å². The zero-order chi connectivity index (χ0) is 19.9. The van der Waals surface area contributed by atoms with Gasteiger partial charge in [-0.25, -0.2) is 13.6 Å². The number of piperidine rings is 1. The number of nitrogens with zero attached hydrogens (tertiary/aromatic N) is 2. The van der Waals surface area contributed by atoms with Gasteiger partial charge in [0.25, 0.3) is 5.91 Å². The van der Waals surface area contributed by atoms with E-state index < -0.39 is 35.7 Å². The molecule has 0 radical (unpaired) electrons. The summed E-state index contributed by atoms with van der Waals surface area (Å²) in [5, 5.41) is 2.41. The third-order valence-corrected chi connectivity index (χ3v) is 5.52. The number of amides is 4. The number of halogens is 2. The van der Waals surface area contributed by atoms with E-state index >= 15 is 0 Å². The van der Waals surface area contributed by atoms with E-state index in [9.17, 15) is 23.2 Å². The van der Waals surface area contributed by atoms with Gasteiger partial charge in [-0.15, -0.1) is 0 Å². The van der Waals surface area contributed by atoms with Crippen molar-refractivity contribution in [2.45, 2.75) is 57.7 Å². The Bertz CT molecular complexity index is 790. The summed E-state index contributed by atoms with van der Waals surface area (Å²) in [5.41, 5.74) is -2.03. The van der Waals surface area contributed by atoms with Crippen molar-refractivity contribution in [3.63, 3.8) is 0 Å². The monoisotopic (exact) mass is 379 g/mol. The van der Waals surface area contributed by atoms with E-state index in [1.54, 1.807) is 4.90 Å². The zero-order valence-electron chi connectivity index (χ0n) is 15.6. The van der Waals surface area contributed by atoms with Crippen molar-refractivity contribution in [2.24, 2.45) is 0 Å². The summed E-state index contributed by atoms with van der Waals surface area (Å²) in [6.45, 7) is 4.75. The molecule has 1 N–H and O–H groups in total. The van der Waals surface area contributed by atoms with Gasteiger partial charge in [-0.2, -0.15) is 0 Å². The molecule has 0 bridgehead atoms. The number of benzene rings is 1. The molecule has 0 saturated carbocycles. The zero-order valence-corrected chi connectivity index (χ0v) is 15.6. The molecule has 3 atom stereocenters. The van der Waals surface area contributed by atoms with Gasteiger partial charge in [0.2, 0.25) is 5.91 Å². The van der Waals surface area contributed by atoms with Gasteiger partial charge in [-0.3, -0.25) is 14.5 Å². The molecule has 27 heavy (non-hydrogen) atoms. The predicted octanol–water partition coefficient (Wildman–Crippen LogP) is 2.52. The SMILES string of the molecule is C[C@@H]1CCC[C@@H](C)N1C(=O)CN1C(=O)N[C@](C)(c2cc(F)ccc2F)C1=O. The summed E-state index contributed by atoms with van der Waals surface area (Å²) in [6.07, 6.45) is 2.75. The molecule has 2 fully saturated rings. The highest BCUT2D eigenvalue weighted by molar-refractivity contribution is 6.09. The molecule has 2 heterocycles. The molecular weight excluding hydrogens is 356 g/mol. The highest BCUT2D eigenvalue weighted by atomic mass is 19.1. The number of carbonyl (C=O) groups is 3. The average molecular weight is 379 g/mol. The summed E-state index contributed by atoms with van der Waals surface area (Å²) in [6, 6.07) is 1.97. The Kier molecular flexibility index (Phi) is 4.92. The minimum absolute atomic E-state index is 0.0223. The Hall–Kier alpha value is -2.51. The van der Waals surface area contributed by atoms with E-state index in [0.717, 1.165) is 42.4 Å². The predicted molar refractivity (Wildman–Crippen MR) is 93.6 cm³/mol. The van der Waals surface area contributed by atoms with Crippen molar-refractivity contribution >= 4 is 17.8 Å². The van der Waals surface area contributed by atoms with Crippen LogP contribution in [0.15, 0.2) is 18.2 Å². The molecule has 4 amide bonds. The fraction of sp³-hybridized carbons (Fsp3) is 0.526. The van der Waals surface area contributed by atoms with Gasteiger partial charge in [0.05, 0.1) is 0 Å². The topological polar surface area (TPSA) is 69.7 Å². The fourth-order valence-corrected chi connectivity index (χ4v) is 4.03. The van der Waals surface area contributed by atoms with Crippen LogP contribution in [0.2, 0.25) is 0 Å². The van der Waals surface area contributed by atoms with Crippen molar-refractivity contribution in [3.8, 4) is 0 Å². The summed E-state index contributed by atoms with van der Waals surface area (Å²) >= 11 is 0. The molecule has 0 aliphatic carbocycles. The van der Waals surface area contributed by atoms with Crippen LogP contribution in [0.5, 0.6) is 0 Å². The Morgan fingerprint density at radius 2 is 1.85 bits per heavy atom. The van der Waals surface area contributed by atoms with Gasteiger partial charge in [-0.1, -0.05) is 0 Å². The normalized spacial score (nSPS) is 28.5. The number of urea groups is 1. The second kappa shape index (κ2) is 6.90. The Morgan fingerprint density at radius 1 is 1.22 bits per heavy atom. The van der Waals surface area contributed by atoms with Gasteiger partial charge in [0.1, 0.15) is 23.7 Å². The largest absolute Gasteiger partial charge is 0.336 e. The lowest BCUT2D eigenvalue weighted by molar-refractivity contribution is -0.142. The van der Waals surface area contributed by atoms with E-state index in [4.69, 9.17) is 0 Å². The molecule has 2 saturated heterocycles. The van der Waals surface area contributed by atoms with Crippen LogP contribution < -0.4 is 5.32 Å². The lowest BCUT2D eigenvalue weighted by atomic mass is 9.91. The van der Waals surface area contributed by atoms with E-state index in [0.29, 0.717) is 0 Å². The number of carbonyl (C=O) groups excluding carboxylic acids is 3. The van der Waals surface area contributed by atoms with Crippen molar-refractivity contribution in [3.05, 3.63) is 35.4 Å². The number of likely N-dealkylation sites (tertiary alicyclic amines) is 1. The molecular formula is C19H23F2N3O3. The molecule has 3 rings (SSSR count). The number of imide groups is 1. The lowest BCUT2D eigenvalue weighted by Crippen LogP contribution is -2.52. The van der Waals surface area contributed by atoms with E-state index in [1.165, 1.54) is 6.92 Å². The second-order valence-electron chi connectivity index (χ2n) is 7.50. The van der Waals surface area contributed by atoms with E-state index in [-0.39, 0.29) is 23.6 Å². The summed E-state index contributed by atoms with van der Waals surface area (Å²) in [7, 11) is 0. The maximum Gasteiger partial charge on any atom is 0.325 e. The highest BCUT2D eigenvalue weighted by Gasteiger charge is 2.51. The molecule has 2 aliphatic rings. The lowest BCUT2D eigenvalue weighted by Gasteiger charge is -2.39. The number of rotatable bonds is 3. The Morgan fingerprint density at radius 3 is 2.48 bits per heavy atom. The molecule has 1 aromatic rings. The minimum Gasteiger partial charge on any atom is -0.336 e. The first-order valence-electron chi connectivity index (χ1n) is 9.06. The summed E-state index contributed by atoms with van der Waals surface area (Å²) in [5.74, 6) is -2.64.